The molecule has 0 aromatic carbocycles. The quantitative estimate of drug-likeness (QED) is 0.538. The molecule has 0 saturated carbocycles. The van der Waals surface area contributed by atoms with Gasteiger partial charge in [-0.3, -0.25) is 4.90 Å². The van der Waals surface area contributed by atoms with E-state index in [1.165, 1.54) is 70.2 Å². The third-order valence-corrected chi connectivity index (χ3v) is 5.91. The van der Waals surface area contributed by atoms with Gasteiger partial charge in [0.2, 0.25) is 0 Å². The Morgan fingerprint density at radius 2 is 2.09 bits per heavy atom. The highest BCUT2D eigenvalue weighted by Crippen LogP contribution is 2.26. The lowest BCUT2D eigenvalue weighted by atomic mass is 10.0. The number of allylic oxidation sites excluding steroid dienone is 3. The van der Waals surface area contributed by atoms with Crippen molar-refractivity contribution in [2.24, 2.45) is 5.92 Å². The van der Waals surface area contributed by atoms with Crippen molar-refractivity contribution in [3.8, 4) is 0 Å². The van der Waals surface area contributed by atoms with E-state index in [2.05, 4.69) is 55.8 Å². The van der Waals surface area contributed by atoms with Gasteiger partial charge in [-0.25, -0.2) is 0 Å². The molecule has 0 amide bonds. The summed E-state index contributed by atoms with van der Waals surface area (Å²) in [6.07, 6.45) is 17.7. The van der Waals surface area contributed by atoms with E-state index in [-0.39, 0.29) is 0 Å². The zero-order valence-corrected chi connectivity index (χ0v) is 15.9. The van der Waals surface area contributed by atoms with Crippen LogP contribution >= 0.6 is 0 Å². The van der Waals surface area contributed by atoms with Crippen molar-refractivity contribution in [3.05, 3.63) is 23.9 Å². The van der Waals surface area contributed by atoms with Gasteiger partial charge in [0.25, 0.3) is 0 Å². The minimum atomic E-state index is 0.745. The average Bonchev–Trinajstić information content (AvgIpc) is 2.92. The van der Waals surface area contributed by atoms with Crippen molar-refractivity contribution in [1.29, 1.82) is 0 Å². The summed E-state index contributed by atoms with van der Waals surface area (Å²) in [4.78, 5) is 5.27. The first-order valence-electron chi connectivity index (χ1n) is 9.95. The van der Waals surface area contributed by atoms with Gasteiger partial charge < -0.3 is 4.90 Å². The molecule has 2 aliphatic rings. The molecule has 1 heterocycles. The Kier molecular flexibility index (Phi) is 7.69. The van der Waals surface area contributed by atoms with Crippen LogP contribution in [0.25, 0.3) is 0 Å². The third-order valence-electron chi connectivity index (χ3n) is 5.91. The van der Waals surface area contributed by atoms with Crippen LogP contribution in [-0.4, -0.2) is 42.0 Å². The molecule has 3 atom stereocenters. The van der Waals surface area contributed by atoms with Crippen molar-refractivity contribution < 1.29 is 0 Å². The molecule has 0 bridgehead atoms. The van der Waals surface area contributed by atoms with Crippen molar-refractivity contribution in [2.75, 3.05) is 20.1 Å². The molecular formula is C21H38N2. The van der Waals surface area contributed by atoms with Crippen LogP contribution in [-0.2, 0) is 0 Å². The highest BCUT2D eigenvalue weighted by atomic mass is 15.2. The van der Waals surface area contributed by atoms with Gasteiger partial charge in [0, 0.05) is 31.4 Å². The van der Waals surface area contributed by atoms with E-state index in [0.29, 0.717) is 0 Å². The van der Waals surface area contributed by atoms with Gasteiger partial charge in [-0.1, -0.05) is 45.3 Å². The van der Waals surface area contributed by atoms with Crippen LogP contribution < -0.4 is 0 Å². The summed E-state index contributed by atoms with van der Waals surface area (Å²) < 4.78 is 0. The predicted molar refractivity (Wildman–Crippen MR) is 102 cm³/mol. The molecule has 0 aromatic heterocycles. The van der Waals surface area contributed by atoms with E-state index in [9.17, 15) is 0 Å². The Morgan fingerprint density at radius 1 is 1.26 bits per heavy atom. The summed E-state index contributed by atoms with van der Waals surface area (Å²) in [5, 5.41) is 0. The number of hydrogen-bond acceptors (Lipinski definition) is 2. The number of likely N-dealkylation sites (N-methyl/N-ethyl adjacent to an activating group) is 1. The smallest absolute Gasteiger partial charge is 0.0331 e. The standard InChI is InChI=1S/C21H38N2/c1-5-18(2)11-9-10-16-23-19(3)14-15-21(23)17-22(4)20-12-7-6-8-13-20/h7,12-13,18-19,21H,5-6,8-11,14-17H2,1-4H3. The van der Waals surface area contributed by atoms with Gasteiger partial charge in [0.15, 0.2) is 0 Å². The minimum absolute atomic E-state index is 0.745. The van der Waals surface area contributed by atoms with E-state index < -0.39 is 0 Å². The number of nitrogens with zero attached hydrogens (tertiary/aromatic N) is 2. The van der Waals surface area contributed by atoms with E-state index in [0.717, 1.165) is 18.0 Å². The fourth-order valence-corrected chi connectivity index (χ4v) is 4.02. The average molecular weight is 319 g/mol. The summed E-state index contributed by atoms with van der Waals surface area (Å²) in [7, 11) is 2.27. The second-order valence-corrected chi connectivity index (χ2v) is 7.82. The van der Waals surface area contributed by atoms with Crippen LogP contribution in [0.4, 0.5) is 0 Å². The van der Waals surface area contributed by atoms with Crippen LogP contribution in [0.5, 0.6) is 0 Å². The zero-order chi connectivity index (χ0) is 16.7. The molecule has 1 aliphatic heterocycles. The lowest BCUT2D eigenvalue weighted by Gasteiger charge is -2.33. The molecule has 2 heteroatoms. The van der Waals surface area contributed by atoms with Crippen LogP contribution in [0, 0.1) is 5.92 Å². The Morgan fingerprint density at radius 3 is 2.78 bits per heavy atom. The fourth-order valence-electron chi connectivity index (χ4n) is 4.02. The molecule has 0 N–H and O–H groups in total. The zero-order valence-electron chi connectivity index (χ0n) is 15.9. The van der Waals surface area contributed by atoms with E-state index in [1.807, 2.05) is 0 Å². The van der Waals surface area contributed by atoms with Gasteiger partial charge in [0.05, 0.1) is 0 Å². The van der Waals surface area contributed by atoms with Crippen LogP contribution in [0.1, 0.15) is 72.1 Å². The van der Waals surface area contributed by atoms with E-state index >= 15 is 0 Å². The van der Waals surface area contributed by atoms with Gasteiger partial charge >= 0.3 is 0 Å². The summed E-state index contributed by atoms with van der Waals surface area (Å²) in [6.45, 7) is 9.61. The third kappa shape index (κ3) is 5.67. The number of hydrogen-bond donors (Lipinski definition) is 0. The Bertz CT molecular complexity index is 399. The van der Waals surface area contributed by atoms with Gasteiger partial charge in [-0.15, -0.1) is 0 Å². The highest BCUT2D eigenvalue weighted by molar-refractivity contribution is 5.20. The van der Waals surface area contributed by atoms with Gasteiger partial charge in [-0.2, -0.15) is 0 Å². The van der Waals surface area contributed by atoms with Crippen LogP contribution in [0.15, 0.2) is 23.9 Å². The second kappa shape index (κ2) is 9.52. The molecule has 2 nitrogen and oxygen atoms in total. The lowest BCUT2D eigenvalue weighted by Crippen LogP contribution is -2.41. The largest absolute Gasteiger partial charge is 0.373 e. The molecular weight excluding hydrogens is 280 g/mol. The lowest BCUT2D eigenvalue weighted by molar-refractivity contribution is 0.170. The molecule has 1 aliphatic carbocycles. The maximum atomic E-state index is 2.79. The highest BCUT2D eigenvalue weighted by Gasteiger charge is 2.30. The maximum Gasteiger partial charge on any atom is 0.0331 e. The van der Waals surface area contributed by atoms with Crippen LogP contribution in [0.3, 0.4) is 0 Å². The van der Waals surface area contributed by atoms with Gasteiger partial charge in [-0.05, 0) is 57.6 Å². The molecule has 132 valence electrons. The monoisotopic (exact) mass is 318 g/mol. The van der Waals surface area contributed by atoms with E-state index in [1.54, 1.807) is 0 Å². The fraction of sp³-hybridized carbons (Fsp3) is 0.810. The van der Waals surface area contributed by atoms with Crippen molar-refractivity contribution in [3.63, 3.8) is 0 Å². The second-order valence-electron chi connectivity index (χ2n) is 7.82. The van der Waals surface area contributed by atoms with Crippen LogP contribution in [0.2, 0.25) is 0 Å². The van der Waals surface area contributed by atoms with Crippen molar-refractivity contribution in [1.82, 2.24) is 9.80 Å². The summed E-state index contributed by atoms with van der Waals surface area (Å²) in [5.41, 5.74) is 1.42. The topological polar surface area (TPSA) is 6.48 Å². The van der Waals surface area contributed by atoms with Gasteiger partial charge in [0.1, 0.15) is 0 Å². The number of likely N-dealkylation sites (tertiary alicyclic amines) is 1. The predicted octanol–water partition coefficient (Wildman–Crippen LogP) is 5.22. The van der Waals surface area contributed by atoms with E-state index in [4.69, 9.17) is 0 Å². The molecule has 23 heavy (non-hydrogen) atoms. The molecule has 3 unspecified atom stereocenters. The molecule has 0 radical (unpaired) electrons. The van der Waals surface area contributed by atoms with Crippen molar-refractivity contribution >= 4 is 0 Å². The minimum Gasteiger partial charge on any atom is -0.373 e. The first kappa shape index (κ1) is 18.6. The first-order chi connectivity index (χ1) is 11.1. The molecule has 1 fully saturated rings. The number of rotatable bonds is 9. The number of unbranched alkanes of at least 4 members (excludes halogenated alkanes) is 1. The Balaban J connectivity index is 1.78. The molecule has 0 aromatic rings. The SMILES string of the molecule is CCC(C)CCCCN1C(C)CCC1CN(C)C1=CCCC=C1. The molecule has 1 saturated heterocycles. The summed E-state index contributed by atoms with van der Waals surface area (Å²) in [5.74, 6) is 0.901. The normalized spacial score (nSPS) is 26.3. The molecule has 2 rings (SSSR count). The summed E-state index contributed by atoms with van der Waals surface area (Å²) >= 11 is 0. The Hall–Kier alpha value is -0.760. The molecule has 0 spiro atoms. The Labute approximate surface area is 144 Å². The van der Waals surface area contributed by atoms with Crippen molar-refractivity contribution in [2.45, 2.75) is 84.2 Å². The maximum absolute atomic E-state index is 2.79. The summed E-state index contributed by atoms with van der Waals surface area (Å²) in [6, 6.07) is 1.52. The first-order valence-corrected chi connectivity index (χ1v) is 9.95.